The van der Waals surface area contributed by atoms with E-state index in [4.69, 9.17) is 24.5 Å². The first-order valence-electron chi connectivity index (χ1n) is 12.7. The van der Waals surface area contributed by atoms with E-state index in [1.54, 1.807) is 30.3 Å². The minimum absolute atomic E-state index is 0.299. The molecule has 1 aromatic carbocycles. The van der Waals surface area contributed by atoms with Crippen LogP contribution < -0.4 is 10.5 Å². The Bertz CT molecular complexity index is 875. The third-order valence-electron chi connectivity index (χ3n) is 5.90. The fourth-order valence-corrected chi connectivity index (χ4v) is 4.53. The summed E-state index contributed by atoms with van der Waals surface area (Å²) in [4.78, 5) is 31.4. The van der Waals surface area contributed by atoms with Crippen molar-refractivity contribution < 1.29 is 48.1 Å². The summed E-state index contributed by atoms with van der Waals surface area (Å²) in [5, 5.41) is 20.2. The molecule has 1 fully saturated rings. The number of nitrogens with two attached hydrogens (primary N) is 1. The Morgan fingerprint density at radius 1 is 1.11 bits per heavy atom. The summed E-state index contributed by atoms with van der Waals surface area (Å²) in [7, 11) is -5.13. The molecular weight excluding hydrogens is 505 g/mol. The summed E-state index contributed by atoms with van der Waals surface area (Å²) in [6, 6.07) is 6.81. The maximum Gasteiger partial charge on any atom is 0.470 e. The summed E-state index contributed by atoms with van der Waals surface area (Å²) in [6.07, 6.45) is 3.07. The quantitative estimate of drug-likeness (QED) is 0.0891. The largest absolute Gasteiger partial charge is 0.470 e. The van der Waals surface area contributed by atoms with Crippen molar-refractivity contribution in [2.45, 2.75) is 89.0 Å². The summed E-state index contributed by atoms with van der Waals surface area (Å²) in [5.74, 6) is -0.520. The Labute approximate surface area is 217 Å². The van der Waals surface area contributed by atoms with Gasteiger partial charge in [-0.1, -0.05) is 57.2 Å². The van der Waals surface area contributed by atoms with E-state index in [0.717, 1.165) is 24.8 Å². The lowest BCUT2D eigenvalue weighted by atomic mass is 9.99. The molecule has 11 nitrogen and oxygen atoms in total. The number of rotatable bonds is 16. The minimum atomic E-state index is -5.13. The number of carbonyl (C=O) groups excluding carboxylic acids is 1. The highest BCUT2D eigenvalue weighted by Gasteiger charge is 2.51. The molecule has 1 aromatic rings. The number of benzene rings is 1. The molecule has 1 aliphatic rings. The van der Waals surface area contributed by atoms with E-state index in [1.807, 2.05) is 0 Å². The molecule has 5 atom stereocenters. The summed E-state index contributed by atoms with van der Waals surface area (Å²) < 4.78 is 33.2. The number of phosphoric ester groups is 1. The van der Waals surface area contributed by atoms with E-state index >= 15 is 0 Å². The lowest BCUT2D eigenvalue weighted by molar-refractivity contribution is -0.278. The van der Waals surface area contributed by atoms with Crippen LogP contribution in [-0.4, -0.2) is 69.8 Å². The van der Waals surface area contributed by atoms with Gasteiger partial charge in [0.1, 0.15) is 24.1 Å². The molecule has 1 saturated heterocycles. The van der Waals surface area contributed by atoms with E-state index in [2.05, 4.69) is 6.92 Å². The number of hydrogen-bond donors (Lipinski definition) is 5. The first-order chi connectivity index (χ1) is 17.7. The van der Waals surface area contributed by atoms with E-state index in [9.17, 15) is 29.4 Å². The van der Waals surface area contributed by atoms with Crippen LogP contribution in [0, 0.1) is 0 Å². The van der Waals surface area contributed by atoms with Crippen molar-refractivity contribution in [3.05, 3.63) is 42.0 Å². The van der Waals surface area contributed by atoms with Crippen LogP contribution in [0.15, 0.2) is 36.4 Å². The van der Waals surface area contributed by atoms with Crippen molar-refractivity contribution in [3.63, 3.8) is 0 Å². The van der Waals surface area contributed by atoms with Gasteiger partial charge in [0.15, 0.2) is 6.10 Å². The summed E-state index contributed by atoms with van der Waals surface area (Å²) in [5.41, 5.74) is 6.53. The molecule has 0 bridgehead atoms. The summed E-state index contributed by atoms with van der Waals surface area (Å²) in [6.45, 7) is 1.92. The van der Waals surface area contributed by atoms with Gasteiger partial charge in [-0.15, -0.1) is 0 Å². The standard InChI is InChI=1S/C25H40NO10P/c1-2-3-4-5-6-7-8-9-10-21(28)35-24-23(36-37(30,31)32)22(29)20(17-27)34-25(24)33-19-13-11-18(12-14-19)15-16-26/h9-14,20,22-25,27,29H,2-8,15-17,26H2,1H3,(H2,30,31,32)/b10-9+/t20-,22-,23+,24-,25-/m1/s1. The van der Waals surface area contributed by atoms with Crippen LogP contribution in [0.2, 0.25) is 0 Å². The van der Waals surface area contributed by atoms with Crippen LogP contribution in [0.4, 0.5) is 0 Å². The van der Waals surface area contributed by atoms with Crippen molar-refractivity contribution in [2.24, 2.45) is 5.73 Å². The fraction of sp³-hybridized carbons (Fsp3) is 0.640. The Balaban J connectivity index is 2.14. The number of esters is 1. The minimum Gasteiger partial charge on any atom is -0.461 e. The molecule has 1 heterocycles. The number of ether oxygens (including phenoxy) is 3. The predicted octanol–water partition coefficient (Wildman–Crippen LogP) is 2.34. The highest BCUT2D eigenvalue weighted by molar-refractivity contribution is 7.46. The first kappa shape index (κ1) is 31.4. The molecule has 37 heavy (non-hydrogen) atoms. The lowest BCUT2D eigenvalue weighted by Crippen LogP contribution is -2.61. The van der Waals surface area contributed by atoms with Gasteiger partial charge < -0.3 is 39.9 Å². The SMILES string of the molecule is CCCCCCCC/C=C/C(=O)O[C@H]1[C@H](Oc2ccc(CCN)cc2)O[C@H](CO)[C@@H](O)[C@@H]1OP(=O)(O)O. The summed E-state index contributed by atoms with van der Waals surface area (Å²) >= 11 is 0. The van der Waals surface area contributed by atoms with Crippen LogP contribution in [0.1, 0.15) is 57.4 Å². The smallest absolute Gasteiger partial charge is 0.461 e. The van der Waals surface area contributed by atoms with Crippen molar-refractivity contribution in [1.82, 2.24) is 0 Å². The number of phosphoric acid groups is 1. The second kappa shape index (κ2) is 16.2. The van der Waals surface area contributed by atoms with Crippen molar-refractivity contribution in [1.29, 1.82) is 0 Å². The number of aliphatic hydroxyl groups is 2. The third kappa shape index (κ3) is 11.2. The Kier molecular flexibility index (Phi) is 13.8. The van der Waals surface area contributed by atoms with Crippen LogP contribution >= 0.6 is 7.82 Å². The van der Waals surface area contributed by atoms with Crippen molar-refractivity contribution in [2.75, 3.05) is 13.2 Å². The maximum absolute atomic E-state index is 12.6. The molecule has 6 N–H and O–H groups in total. The van der Waals surface area contributed by atoms with Gasteiger partial charge in [0.05, 0.1) is 6.61 Å². The zero-order valence-electron chi connectivity index (χ0n) is 21.2. The van der Waals surface area contributed by atoms with Crippen molar-refractivity contribution in [3.8, 4) is 5.75 Å². The number of unbranched alkanes of at least 4 members (excludes halogenated alkanes) is 6. The third-order valence-corrected chi connectivity index (χ3v) is 6.41. The van der Waals surface area contributed by atoms with Gasteiger partial charge in [0.25, 0.3) is 0 Å². The number of hydrogen-bond acceptors (Lipinski definition) is 9. The molecule has 0 aromatic heterocycles. The van der Waals surface area contributed by atoms with E-state index in [-0.39, 0.29) is 0 Å². The van der Waals surface area contributed by atoms with Gasteiger partial charge in [0, 0.05) is 6.08 Å². The van der Waals surface area contributed by atoms with E-state index < -0.39 is 51.1 Å². The van der Waals surface area contributed by atoms with Gasteiger partial charge >= 0.3 is 13.8 Å². The molecule has 2 rings (SSSR count). The molecule has 0 unspecified atom stereocenters. The van der Waals surface area contributed by atoms with Gasteiger partial charge in [-0.2, -0.15) is 0 Å². The van der Waals surface area contributed by atoms with Gasteiger partial charge in [0.2, 0.25) is 6.29 Å². The van der Waals surface area contributed by atoms with Gasteiger partial charge in [-0.3, -0.25) is 4.52 Å². The molecule has 210 valence electrons. The van der Waals surface area contributed by atoms with Gasteiger partial charge in [-0.25, -0.2) is 9.36 Å². The average molecular weight is 546 g/mol. The van der Waals surface area contributed by atoms with Crippen LogP contribution in [0.3, 0.4) is 0 Å². The molecule has 0 saturated carbocycles. The second-order valence-electron chi connectivity index (χ2n) is 8.94. The predicted molar refractivity (Wildman–Crippen MR) is 136 cm³/mol. The normalized spacial score (nSPS) is 24.3. The lowest BCUT2D eigenvalue weighted by Gasteiger charge is -2.42. The molecule has 12 heteroatoms. The number of aliphatic hydroxyl groups excluding tert-OH is 2. The van der Waals surface area contributed by atoms with E-state index in [1.165, 1.54) is 25.3 Å². The Morgan fingerprint density at radius 3 is 2.41 bits per heavy atom. The van der Waals surface area contributed by atoms with Crippen LogP contribution in [-0.2, 0) is 29.8 Å². The Morgan fingerprint density at radius 2 is 1.78 bits per heavy atom. The zero-order valence-corrected chi connectivity index (χ0v) is 22.1. The average Bonchev–Trinajstić information content (AvgIpc) is 2.85. The van der Waals surface area contributed by atoms with Crippen LogP contribution in [0.25, 0.3) is 0 Å². The van der Waals surface area contributed by atoms with Gasteiger partial charge in [-0.05, 0) is 43.5 Å². The topological polar surface area (TPSA) is 178 Å². The number of allylic oxidation sites excluding steroid dienone is 1. The van der Waals surface area contributed by atoms with Crippen molar-refractivity contribution >= 4 is 13.8 Å². The molecular formula is C25H40NO10P. The zero-order chi connectivity index (χ0) is 27.3. The molecule has 1 aliphatic heterocycles. The monoisotopic (exact) mass is 545 g/mol. The highest BCUT2D eigenvalue weighted by Crippen LogP contribution is 2.42. The highest BCUT2D eigenvalue weighted by atomic mass is 31.2. The maximum atomic E-state index is 12.6. The molecule has 0 aliphatic carbocycles. The van der Waals surface area contributed by atoms with Crippen LogP contribution in [0.5, 0.6) is 5.75 Å². The molecule has 0 radical (unpaired) electrons. The Hall–Kier alpha value is -1.82. The molecule has 0 spiro atoms. The molecule has 0 amide bonds. The second-order valence-corrected chi connectivity index (χ2v) is 10.1. The van der Waals surface area contributed by atoms with E-state index in [0.29, 0.717) is 25.1 Å². The first-order valence-corrected chi connectivity index (χ1v) is 14.2. The fourth-order valence-electron chi connectivity index (χ4n) is 3.97. The number of carbonyl (C=O) groups is 1.